The molecule has 0 aliphatic carbocycles. The van der Waals surface area contributed by atoms with E-state index in [1.54, 1.807) is 12.4 Å². The predicted molar refractivity (Wildman–Crippen MR) is 89.1 cm³/mol. The standard InChI is InChI=1S/C15H13IN4/c16-10-18-15-13-4-2-1-3-12(13)14(19-20-15)9-11-5-7-17-8-6-11/h1-8H,9-10H2,(H,18,20). The van der Waals surface area contributed by atoms with Gasteiger partial charge in [-0.05, 0) is 17.7 Å². The minimum atomic E-state index is 0.764. The summed E-state index contributed by atoms with van der Waals surface area (Å²) in [5.74, 6) is 0.841. The first-order valence-corrected chi connectivity index (χ1v) is 7.84. The van der Waals surface area contributed by atoms with Gasteiger partial charge in [0.2, 0.25) is 0 Å². The Morgan fingerprint density at radius 2 is 1.70 bits per heavy atom. The van der Waals surface area contributed by atoms with Crippen LogP contribution in [0.15, 0.2) is 48.8 Å². The summed E-state index contributed by atoms with van der Waals surface area (Å²) in [6.07, 6.45) is 4.37. The molecule has 3 aromatic rings. The lowest BCUT2D eigenvalue weighted by atomic mass is 10.1. The molecular formula is C15H13IN4. The summed E-state index contributed by atoms with van der Waals surface area (Å²) in [7, 11) is 0. The lowest BCUT2D eigenvalue weighted by molar-refractivity contribution is 0.958. The SMILES string of the molecule is ICNc1nnc(Cc2ccncc2)c2ccccc12. The van der Waals surface area contributed by atoms with Crippen molar-refractivity contribution in [3.05, 3.63) is 60.0 Å². The van der Waals surface area contributed by atoms with Crippen molar-refractivity contribution in [1.82, 2.24) is 15.2 Å². The monoisotopic (exact) mass is 376 g/mol. The van der Waals surface area contributed by atoms with Gasteiger partial charge in [-0.3, -0.25) is 4.98 Å². The molecule has 100 valence electrons. The molecule has 1 aromatic carbocycles. The van der Waals surface area contributed by atoms with Crippen LogP contribution in [0.3, 0.4) is 0 Å². The maximum absolute atomic E-state index is 4.38. The molecule has 0 amide bonds. The van der Waals surface area contributed by atoms with Crippen molar-refractivity contribution in [1.29, 1.82) is 0 Å². The first-order chi connectivity index (χ1) is 9.88. The summed E-state index contributed by atoms with van der Waals surface area (Å²) in [4.78, 5) is 4.04. The number of halogens is 1. The van der Waals surface area contributed by atoms with E-state index >= 15 is 0 Å². The molecule has 3 rings (SSSR count). The normalized spacial score (nSPS) is 10.7. The van der Waals surface area contributed by atoms with Crippen LogP contribution in [0.2, 0.25) is 0 Å². The van der Waals surface area contributed by atoms with Crippen molar-refractivity contribution in [2.24, 2.45) is 0 Å². The number of anilines is 1. The van der Waals surface area contributed by atoms with E-state index in [0.717, 1.165) is 33.3 Å². The number of nitrogens with one attached hydrogen (secondary N) is 1. The van der Waals surface area contributed by atoms with Gasteiger partial charge in [-0.2, -0.15) is 5.10 Å². The second-order valence-electron chi connectivity index (χ2n) is 4.38. The highest BCUT2D eigenvalue weighted by molar-refractivity contribution is 14.1. The average molecular weight is 376 g/mol. The summed E-state index contributed by atoms with van der Waals surface area (Å²) >= 11 is 2.27. The molecule has 0 saturated heterocycles. The number of hydrogen-bond acceptors (Lipinski definition) is 4. The Morgan fingerprint density at radius 3 is 2.45 bits per heavy atom. The van der Waals surface area contributed by atoms with Gasteiger partial charge in [-0.15, -0.1) is 5.10 Å². The van der Waals surface area contributed by atoms with Crippen LogP contribution in [0, 0.1) is 0 Å². The van der Waals surface area contributed by atoms with Crippen LogP contribution < -0.4 is 5.32 Å². The van der Waals surface area contributed by atoms with Crippen molar-refractivity contribution in [3.8, 4) is 0 Å². The highest BCUT2D eigenvalue weighted by atomic mass is 127. The fourth-order valence-corrected chi connectivity index (χ4v) is 2.54. The molecule has 0 fully saturated rings. The number of hydrogen-bond donors (Lipinski definition) is 1. The Labute approximate surface area is 130 Å². The molecular weight excluding hydrogens is 363 g/mol. The van der Waals surface area contributed by atoms with Crippen molar-refractivity contribution in [2.75, 3.05) is 9.87 Å². The van der Waals surface area contributed by atoms with Gasteiger partial charge in [0.05, 0.1) is 10.2 Å². The maximum Gasteiger partial charge on any atom is 0.157 e. The topological polar surface area (TPSA) is 50.7 Å². The van der Waals surface area contributed by atoms with Crippen LogP contribution in [0.25, 0.3) is 10.8 Å². The van der Waals surface area contributed by atoms with E-state index in [2.05, 4.69) is 55.2 Å². The van der Waals surface area contributed by atoms with Crippen LogP contribution in [0.4, 0.5) is 5.82 Å². The largest absolute Gasteiger partial charge is 0.359 e. The van der Waals surface area contributed by atoms with Gasteiger partial charge in [-0.25, -0.2) is 0 Å². The van der Waals surface area contributed by atoms with Crippen LogP contribution in [-0.4, -0.2) is 19.7 Å². The van der Waals surface area contributed by atoms with Crippen molar-refractivity contribution in [2.45, 2.75) is 6.42 Å². The van der Waals surface area contributed by atoms with Crippen LogP contribution in [-0.2, 0) is 6.42 Å². The minimum absolute atomic E-state index is 0.764. The van der Waals surface area contributed by atoms with E-state index in [1.165, 1.54) is 5.56 Å². The number of nitrogens with zero attached hydrogens (tertiary/aromatic N) is 3. The Morgan fingerprint density at radius 1 is 0.950 bits per heavy atom. The van der Waals surface area contributed by atoms with Gasteiger partial charge in [0.15, 0.2) is 5.82 Å². The lowest BCUT2D eigenvalue weighted by Gasteiger charge is -2.09. The fourth-order valence-electron chi connectivity index (χ4n) is 2.18. The van der Waals surface area contributed by atoms with E-state index in [9.17, 15) is 0 Å². The third kappa shape index (κ3) is 2.72. The maximum atomic E-state index is 4.38. The molecule has 5 heteroatoms. The smallest absolute Gasteiger partial charge is 0.157 e. The van der Waals surface area contributed by atoms with Gasteiger partial charge in [0, 0.05) is 29.6 Å². The van der Waals surface area contributed by atoms with Gasteiger partial charge in [-0.1, -0.05) is 46.9 Å². The highest BCUT2D eigenvalue weighted by Crippen LogP contribution is 2.24. The van der Waals surface area contributed by atoms with E-state index < -0.39 is 0 Å². The Balaban J connectivity index is 2.06. The molecule has 20 heavy (non-hydrogen) atoms. The molecule has 0 radical (unpaired) electrons. The first-order valence-electron chi connectivity index (χ1n) is 6.31. The molecule has 4 nitrogen and oxygen atoms in total. The molecule has 0 unspecified atom stereocenters. The summed E-state index contributed by atoms with van der Waals surface area (Å²) in [6, 6.07) is 12.3. The summed E-state index contributed by atoms with van der Waals surface area (Å²) in [5.41, 5.74) is 2.18. The van der Waals surface area contributed by atoms with E-state index in [1.807, 2.05) is 24.3 Å². The highest BCUT2D eigenvalue weighted by Gasteiger charge is 2.08. The van der Waals surface area contributed by atoms with Gasteiger partial charge >= 0.3 is 0 Å². The Hall–Kier alpha value is -1.76. The Kier molecular flexibility index (Phi) is 4.05. The van der Waals surface area contributed by atoms with E-state index in [0.29, 0.717) is 0 Å². The van der Waals surface area contributed by atoms with Gasteiger partial charge < -0.3 is 5.32 Å². The third-order valence-corrected chi connectivity index (χ3v) is 3.50. The first kappa shape index (κ1) is 13.2. The molecule has 0 saturated carbocycles. The summed E-state index contributed by atoms with van der Waals surface area (Å²) in [5, 5.41) is 14.2. The van der Waals surface area contributed by atoms with Crippen LogP contribution in [0.1, 0.15) is 11.3 Å². The number of alkyl halides is 1. The molecule has 0 aliphatic heterocycles. The molecule has 0 aliphatic rings. The molecule has 2 heterocycles. The summed E-state index contributed by atoms with van der Waals surface area (Å²) in [6.45, 7) is 0. The molecule has 2 aromatic heterocycles. The molecule has 0 spiro atoms. The summed E-state index contributed by atoms with van der Waals surface area (Å²) < 4.78 is 0.806. The number of benzene rings is 1. The molecule has 1 N–H and O–H groups in total. The zero-order valence-electron chi connectivity index (χ0n) is 10.8. The minimum Gasteiger partial charge on any atom is -0.359 e. The fraction of sp³-hybridized carbons (Fsp3) is 0.133. The van der Waals surface area contributed by atoms with Gasteiger partial charge in [0.25, 0.3) is 0 Å². The molecule has 0 bridgehead atoms. The number of rotatable bonds is 4. The van der Waals surface area contributed by atoms with Crippen LogP contribution >= 0.6 is 22.6 Å². The van der Waals surface area contributed by atoms with E-state index in [4.69, 9.17) is 0 Å². The number of fused-ring (bicyclic) bond motifs is 1. The number of aromatic nitrogens is 3. The van der Waals surface area contributed by atoms with Crippen LogP contribution in [0.5, 0.6) is 0 Å². The second kappa shape index (κ2) is 6.13. The lowest BCUT2D eigenvalue weighted by Crippen LogP contribution is -2.03. The average Bonchev–Trinajstić information content (AvgIpc) is 2.51. The van der Waals surface area contributed by atoms with E-state index in [-0.39, 0.29) is 0 Å². The van der Waals surface area contributed by atoms with Gasteiger partial charge in [0.1, 0.15) is 0 Å². The third-order valence-electron chi connectivity index (χ3n) is 3.12. The number of pyridine rings is 1. The quantitative estimate of drug-likeness (QED) is 0.431. The zero-order chi connectivity index (χ0) is 13.8. The molecule has 0 atom stereocenters. The Bertz CT molecular complexity index is 715. The van der Waals surface area contributed by atoms with Crippen molar-refractivity contribution < 1.29 is 0 Å². The second-order valence-corrected chi connectivity index (χ2v) is 5.15. The zero-order valence-corrected chi connectivity index (χ0v) is 12.9. The van der Waals surface area contributed by atoms with Crippen molar-refractivity contribution in [3.63, 3.8) is 0 Å². The van der Waals surface area contributed by atoms with Crippen molar-refractivity contribution >= 4 is 39.2 Å². The predicted octanol–water partition coefficient (Wildman–Crippen LogP) is 3.42.